The van der Waals surface area contributed by atoms with E-state index in [4.69, 9.17) is 21.4 Å². The summed E-state index contributed by atoms with van der Waals surface area (Å²) in [5.74, 6) is -0.588. The minimum absolute atomic E-state index is 0.163. The predicted molar refractivity (Wildman–Crippen MR) is 105 cm³/mol. The van der Waals surface area contributed by atoms with Gasteiger partial charge >= 0.3 is 11.7 Å². The second kappa shape index (κ2) is 8.32. The number of carbonyl (C=O) groups is 1. The second-order valence-corrected chi connectivity index (χ2v) is 13.1. The van der Waals surface area contributed by atoms with Crippen LogP contribution < -0.4 is 11.2 Å². The number of aromatic nitrogens is 2. The smallest absolute Gasteiger partial charge is 0.330 e. The van der Waals surface area contributed by atoms with E-state index in [1.54, 1.807) is 0 Å². The van der Waals surface area contributed by atoms with Gasteiger partial charge in [-0.05, 0) is 18.1 Å². The summed E-state index contributed by atoms with van der Waals surface area (Å²) in [5.41, 5.74) is -1.30. The van der Waals surface area contributed by atoms with E-state index in [1.807, 2.05) is 13.1 Å². The van der Waals surface area contributed by atoms with E-state index >= 15 is 0 Å². The van der Waals surface area contributed by atoms with Gasteiger partial charge in [0.15, 0.2) is 20.6 Å². The van der Waals surface area contributed by atoms with E-state index in [2.05, 4.69) is 25.8 Å². The maximum atomic E-state index is 12.3. The Kier molecular flexibility index (Phi) is 5.81. The van der Waals surface area contributed by atoms with Gasteiger partial charge < -0.3 is 18.6 Å². The van der Waals surface area contributed by atoms with E-state index in [1.165, 1.54) is 13.1 Å². The number of ether oxygens (including phenoxy) is 3. The fourth-order valence-corrected chi connectivity index (χ4v) is 4.09. The van der Waals surface area contributed by atoms with Crippen LogP contribution in [0.25, 0.3) is 0 Å². The molecule has 1 aliphatic rings. The van der Waals surface area contributed by atoms with Crippen LogP contribution in [0.15, 0.2) is 21.9 Å². The zero-order chi connectivity index (χ0) is 22.9. The van der Waals surface area contributed by atoms with E-state index in [0.717, 1.165) is 10.6 Å². The first kappa shape index (κ1) is 19.6. The molecule has 0 aliphatic carbocycles. The van der Waals surface area contributed by atoms with Crippen molar-refractivity contribution >= 4 is 14.3 Å². The number of hydrogen-bond acceptors (Lipinski definition) is 7. The normalized spacial score (nSPS) is 27.8. The highest BCUT2D eigenvalue weighted by Crippen LogP contribution is 2.41. The van der Waals surface area contributed by atoms with E-state index in [9.17, 15) is 14.4 Å². The van der Waals surface area contributed by atoms with Crippen LogP contribution in [0.2, 0.25) is 18.1 Å². The molecule has 0 amide bonds. The summed E-state index contributed by atoms with van der Waals surface area (Å²) in [6.45, 7) is 11.3. The Morgan fingerprint density at radius 1 is 1.43 bits per heavy atom. The first-order chi connectivity index (χ1) is 13.7. The number of hydrogen-bond donors (Lipinski definition) is 1. The molecule has 1 aromatic heterocycles. The Balaban J connectivity index is 2.49. The first-order valence-electron chi connectivity index (χ1n) is 10.2. The van der Waals surface area contributed by atoms with Gasteiger partial charge in [-0.1, -0.05) is 20.8 Å². The van der Waals surface area contributed by atoms with Crippen molar-refractivity contribution in [3.63, 3.8) is 0 Å². The van der Waals surface area contributed by atoms with Gasteiger partial charge in [0.25, 0.3) is 5.56 Å². The fourth-order valence-electron chi connectivity index (χ4n) is 2.77. The Hall–Kier alpha value is -1.75. The Morgan fingerprint density at radius 2 is 2.11 bits per heavy atom. The van der Waals surface area contributed by atoms with Crippen LogP contribution in [0.5, 0.6) is 0 Å². The van der Waals surface area contributed by atoms with Gasteiger partial charge in [0, 0.05) is 26.2 Å². The largest absolute Gasteiger partial charge is 0.455 e. The maximum absolute atomic E-state index is 12.3. The molecule has 0 saturated carbocycles. The van der Waals surface area contributed by atoms with Crippen molar-refractivity contribution in [3.05, 3.63) is 33.1 Å². The summed E-state index contributed by atoms with van der Waals surface area (Å²) >= 11 is 0. The van der Waals surface area contributed by atoms with Crippen LogP contribution in [0.4, 0.5) is 0 Å². The Bertz CT molecular complexity index is 865. The lowest BCUT2D eigenvalue weighted by Gasteiger charge is -2.40. The molecule has 2 rings (SSSR count). The molecule has 0 bridgehead atoms. The molecule has 9 nitrogen and oxygen atoms in total. The van der Waals surface area contributed by atoms with E-state index < -0.39 is 57.1 Å². The fraction of sp³-hybridized carbons (Fsp3) is 0.722. The van der Waals surface area contributed by atoms with Crippen molar-refractivity contribution < 1.29 is 26.2 Å². The molecule has 0 spiro atoms. The van der Waals surface area contributed by atoms with Crippen molar-refractivity contribution in [2.45, 2.75) is 70.4 Å². The van der Waals surface area contributed by atoms with Gasteiger partial charge in [0.05, 0.1) is 9.35 Å². The van der Waals surface area contributed by atoms with Crippen molar-refractivity contribution in [1.82, 2.24) is 9.55 Å². The molecule has 1 saturated heterocycles. The number of aromatic amines is 1. The van der Waals surface area contributed by atoms with Crippen LogP contribution in [0.1, 0.15) is 36.7 Å². The van der Waals surface area contributed by atoms with Gasteiger partial charge in [-0.2, -0.15) is 0 Å². The molecule has 0 aromatic carbocycles. The van der Waals surface area contributed by atoms with Crippen molar-refractivity contribution in [1.29, 1.82) is 0 Å². The summed E-state index contributed by atoms with van der Waals surface area (Å²) in [6, 6.07) is 1.16. The van der Waals surface area contributed by atoms with E-state index in [-0.39, 0.29) is 11.6 Å². The second-order valence-electron chi connectivity index (χ2n) is 8.33. The van der Waals surface area contributed by atoms with Gasteiger partial charge in [-0.15, -0.1) is 0 Å². The minimum atomic E-state index is -2.38. The molecule has 2 heterocycles. The molecule has 0 radical (unpaired) electrons. The Morgan fingerprint density at radius 3 is 2.64 bits per heavy atom. The van der Waals surface area contributed by atoms with Crippen molar-refractivity contribution in [3.8, 4) is 0 Å². The monoisotopic (exact) mass is 417 g/mol. The molecule has 1 fully saturated rings. The third-order valence-electron chi connectivity index (χ3n) is 5.21. The zero-order valence-electron chi connectivity index (χ0n) is 19.1. The highest BCUT2D eigenvalue weighted by atomic mass is 28.4. The molecule has 158 valence electrons. The third kappa shape index (κ3) is 4.80. The van der Waals surface area contributed by atoms with Gasteiger partial charge in [0.2, 0.25) is 0 Å². The van der Waals surface area contributed by atoms with Gasteiger partial charge in [0.1, 0.15) is 12.2 Å². The molecule has 1 aliphatic heterocycles. The summed E-state index contributed by atoms with van der Waals surface area (Å²) in [5, 5.41) is -0.167. The summed E-state index contributed by atoms with van der Waals surface area (Å²) in [7, 11) is -3.92. The number of nitrogens with zero attached hydrogens (tertiary/aromatic N) is 1. The van der Waals surface area contributed by atoms with Crippen LogP contribution in [-0.4, -0.2) is 55.8 Å². The molecule has 10 heteroatoms. The summed E-state index contributed by atoms with van der Waals surface area (Å²) in [6.07, 6.45) is -2.41. The van der Waals surface area contributed by atoms with Crippen LogP contribution in [-0.2, 0) is 23.4 Å². The molecular weight excluding hydrogens is 384 g/mol. The van der Waals surface area contributed by atoms with E-state index in [0.29, 0.717) is 0 Å². The van der Waals surface area contributed by atoms with Gasteiger partial charge in [-0.3, -0.25) is 19.1 Å². The summed E-state index contributed by atoms with van der Waals surface area (Å²) in [4.78, 5) is 37.8. The zero-order valence-corrected chi connectivity index (χ0v) is 18.1. The highest BCUT2D eigenvalue weighted by Gasteiger charge is 2.52. The highest BCUT2D eigenvalue weighted by molar-refractivity contribution is 6.74. The van der Waals surface area contributed by atoms with Crippen molar-refractivity contribution in [2.75, 3.05) is 13.7 Å². The van der Waals surface area contributed by atoms with Crippen LogP contribution in [0, 0.1) is 0 Å². The Labute approximate surface area is 167 Å². The average Bonchev–Trinajstić information content (AvgIpc) is 2.88. The number of carbonyl (C=O) groups excluding carboxylic acids is 1. The van der Waals surface area contributed by atoms with Crippen LogP contribution >= 0.6 is 0 Å². The number of H-pyrrole nitrogens is 1. The quantitative estimate of drug-likeness (QED) is 0.550. The lowest BCUT2D eigenvalue weighted by Crippen LogP contribution is -2.51. The number of methoxy groups -OCH3 is 1. The standard InChI is InChI=1S/C18H30N2O7Si/c1-11(21)25-15-14(27-28(6,7)18(2,3)4)12(10-24-5)26-16(15)20-9-8-13(22)19-17(20)23/h8-9,12,14-16H,10H2,1-7H3,(H,19,22,23)/i5TD. The van der Waals surface area contributed by atoms with Crippen molar-refractivity contribution in [2.24, 2.45) is 0 Å². The van der Waals surface area contributed by atoms with Crippen LogP contribution in [0.3, 0.4) is 0 Å². The molecule has 5 atom stereocenters. The molecule has 1 aromatic rings. The lowest BCUT2D eigenvalue weighted by molar-refractivity contribution is -0.155. The topological polar surface area (TPSA) is 109 Å². The SMILES string of the molecule is [2H]C([3H])OCC1OC(n2ccc(=O)[nH]c2=O)C(OC(C)=O)C1O[Si](C)(C)C(C)(C)C. The lowest BCUT2D eigenvalue weighted by atomic mass is 10.1. The number of nitrogens with one attached hydrogen (secondary N) is 1. The number of esters is 1. The molecule has 28 heavy (non-hydrogen) atoms. The number of rotatable bonds is 6. The molecule has 1 N–H and O–H groups in total. The van der Waals surface area contributed by atoms with Gasteiger partial charge in [-0.25, -0.2) is 4.79 Å². The molecule has 5 unspecified atom stereocenters. The maximum Gasteiger partial charge on any atom is 0.330 e. The summed E-state index contributed by atoms with van der Waals surface area (Å²) < 4.78 is 38.8. The minimum Gasteiger partial charge on any atom is -0.455 e. The first-order valence-corrected chi connectivity index (χ1v) is 11.9. The third-order valence-corrected chi connectivity index (χ3v) is 9.68. The average molecular weight is 418 g/mol. The predicted octanol–water partition coefficient (Wildman–Crippen LogP) is 1.40. The molecular formula is C18H30N2O7Si.